The largest absolute Gasteiger partial charge is 0.481 e. The Morgan fingerprint density at radius 1 is 1.04 bits per heavy atom. The van der Waals surface area contributed by atoms with Gasteiger partial charge in [0.05, 0.1) is 13.1 Å². The lowest BCUT2D eigenvalue weighted by Gasteiger charge is -2.24. The predicted octanol–water partition coefficient (Wildman–Crippen LogP) is -1.97. The first-order chi connectivity index (χ1) is 12.1. The van der Waals surface area contributed by atoms with E-state index in [9.17, 15) is 29.1 Å². The van der Waals surface area contributed by atoms with Crippen LogP contribution in [0.4, 0.5) is 0 Å². The fraction of sp³-hybridized carbons (Fsp3) is 0.667. The van der Waals surface area contributed by atoms with Gasteiger partial charge in [-0.3, -0.25) is 19.2 Å². The van der Waals surface area contributed by atoms with Crippen molar-refractivity contribution in [3.05, 3.63) is 0 Å². The van der Waals surface area contributed by atoms with Gasteiger partial charge in [0.15, 0.2) is 0 Å². The Morgan fingerprint density at radius 3 is 2.12 bits per heavy atom. The lowest BCUT2D eigenvalue weighted by molar-refractivity contribution is -0.144. The highest BCUT2D eigenvalue weighted by molar-refractivity contribution is 5.92. The minimum atomic E-state index is -1.25. The second kappa shape index (κ2) is 11.8. The topological polar surface area (TPSA) is 188 Å². The molecule has 11 nitrogen and oxygen atoms in total. The summed E-state index contributed by atoms with van der Waals surface area (Å²) < 4.78 is 0. The molecule has 3 amide bonds. The van der Waals surface area contributed by atoms with Crippen molar-refractivity contribution in [3.63, 3.8) is 0 Å². The van der Waals surface area contributed by atoms with Gasteiger partial charge in [0.2, 0.25) is 17.7 Å². The monoisotopic (exact) mass is 374 g/mol. The molecule has 0 rings (SSSR count). The number of carbonyl (C=O) groups is 5. The average Bonchev–Trinajstić information content (AvgIpc) is 2.59. The molecule has 3 atom stereocenters. The average molecular weight is 374 g/mol. The number of nitrogens with one attached hydrogen (secondary N) is 3. The van der Waals surface area contributed by atoms with Crippen LogP contribution >= 0.6 is 0 Å². The summed E-state index contributed by atoms with van der Waals surface area (Å²) in [7, 11) is 0. The van der Waals surface area contributed by atoms with Crippen LogP contribution in [0.3, 0.4) is 0 Å². The van der Waals surface area contributed by atoms with E-state index in [1.54, 1.807) is 13.8 Å². The van der Waals surface area contributed by atoms with E-state index in [0.29, 0.717) is 6.42 Å². The Bertz CT molecular complexity index is 538. The first-order valence-corrected chi connectivity index (χ1v) is 8.13. The summed E-state index contributed by atoms with van der Waals surface area (Å²) in [6.45, 7) is 2.65. The Kier molecular flexibility index (Phi) is 10.6. The van der Waals surface area contributed by atoms with E-state index < -0.39 is 54.7 Å². The summed E-state index contributed by atoms with van der Waals surface area (Å²) in [5, 5.41) is 24.8. The molecule has 7 N–H and O–H groups in total. The zero-order valence-corrected chi connectivity index (χ0v) is 14.8. The standard InChI is InChI=1S/C15H26N4O7/c1-3-8(2)13(15(25)26)19-14(24)9(4-5-12(22)23)18-11(21)7-17-10(20)6-16/h8-9,13H,3-7,16H2,1-2H3,(H,17,20)(H,18,21)(H,19,24)(H,22,23)(H,25,26). The summed E-state index contributed by atoms with van der Waals surface area (Å²) in [6, 6.07) is -2.42. The zero-order valence-electron chi connectivity index (χ0n) is 14.8. The molecule has 3 unspecified atom stereocenters. The minimum absolute atomic E-state index is 0.232. The Morgan fingerprint density at radius 2 is 1.65 bits per heavy atom. The van der Waals surface area contributed by atoms with Gasteiger partial charge in [-0.2, -0.15) is 0 Å². The van der Waals surface area contributed by atoms with Gasteiger partial charge in [-0.1, -0.05) is 20.3 Å². The normalized spacial score (nSPS) is 13.8. The molecule has 0 heterocycles. The number of amides is 3. The van der Waals surface area contributed by atoms with Crippen molar-refractivity contribution in [2.75, 3.05) is 13.1 Å². The van der Waals surface area contributed by atoms with Crippen molar-refractivity contribution in [2.24, 2.45) is 11.7 Å². The highest BCUT2D eigenvalue weighted by Gasteiger charge is 2.29. The molecule has 11 heteroatoms. The van der Waals surface area contributed by atoms with E-state index in [1.807, 2.05) is 0 Å². The minimum Gasteiger partial charge on any atom is -0.481 e. The molecule has 0 aliphatic carbocycles. The molecular formula is C15H26N4O7. The third-order valence-corrected chi connectivity index (χ3v) is 3.71. The van der Waals surface area contributed by atoms with Crippen molar-refractivity contribution in [2.45, 2.75) is 45.2 Å². The number of aliphatic carboxylic acids is 2. The summed E-state index contributed by atoms with van der Waals surface area (Å²) >= 11 is 0. The summed E-state index contributed by atoms with van der Waals surface area (Å²) in [5.74, 6) is -4.88. The Balaban J connectivity index is 5.00. The van der Waals surface area contributed by atoms with Crippen molar-refractivity contribution < 1.29 is 34.2 Å². The maximum absolute atomic E-state index is 12.3. The number of rotatable bonds is 12. The third-order valence-electron chi connectivity index (χ3n) is 3.71. The maximum Gasteiger partial charge on any atom is 0.326 e. The van der Waals surface area contributed by atoms with E-state index in [1.165, 1.54) is 0 Å². The van der Waals surface area contributed by atoms with Crippen LogP contribution in [0, 0.1) is 5.92 Å². The summed E-state index contributed by atoms with van der Waals surface area (Å²) in [5.41, 5.74) is 5.08. The molecule has 0 aromatic rings. The maximum atomic E-state index is 12.3. The first-order valence-electron chi connectivity index (χ1n) is 8.13. The van der Waals surface area contributed by atoms with Crippen LogP contribution in [0.15, 0.2) is 0 Å². The van der Waals surface area contributed by atoms with Gasteiger partial charge in [-0.25, -0.2) is 4.79 Å². The number of hydrogen-bond donors (Lipinski definition) is 6. The quantitative estimate of drug-likeness (QED) is 0.227. The van der Waals surface area contributed by atoms with Crippen LogP contribution in [0.2, 0.25) is 0 Å². The molecule has 0 spiro atoms. The van der Waals surface area contributed by atoms with Gasteiger partial charge in [0, 0.05) is 6.42 Å². The molecule has 0 aromatic heterocycles. The fourth-order valence-corrected chi connectivity index (χ4v) is 1.97. The zero-order chi connectivity index (χ0) is 20.3. The van der Waals surface area contributed by atoms with E-state index in [4.69, 9.17) is 10.8 Å². The molecule has 0 bridgehead atoms. The van der Waals surface area contributed by atoms with E-state index in [2.05, 4.69) is 16.0 Å². The molecule has 0 radical (unpaired) electrons. The molecule has 0 saturated heterocycles. The molecule has 26 heavy (non-hydrogen) atoms. The van der Waals surface area contributed by atoms with Crippen LogP contribution in [-0.2, 0) is 24.0 Å². The lowest BCUT2D eigenvalue weighted by Crippen LogP contribution is -2.54. The molecular weight excluding hydrogens is 348 g/mol. The SMILES string of the molecule is CCC(C)C(NC(=O)C(CCC(=O)O)NC(=O)CNC(=O)CN)C(=O)O. The fourth-order valence-electron chi connectivity index (χ4n) is 1.97. The molecule has 0 aromatic carbocycles. The van der Waals surface area contributed by atoms with Gasteiger partial charge in [0.1, 0.15) is 12.1 Å². The van der Waals surface area contributed by atoms with Crippen LogP contribution in [0.1, 0.15) is 33.1 Å². The number of carboxylic acids is 2. The van der Waals surface area contributed by atoms with Crippen molar-refractivity contribution >= 4 is 29.7 Å². The molecule has 0 fully saturated rings. The number of carboxylic acid groups (broad SMARTS) is 2. The van der Waals surface area contributed by atoms with Crippen molar-refractivity contribution in [1.82, 2.24) is 16.0 Å². The first kappa shape index (κ1) is 23.3. The Hall–Kier alpha value is -2.69. The molecule has 0 aliphatic rings. The van der Waals surface area contributed by atoms with E-state index in [-0.39, 0.29) is 18.9 Å². The second-order valence-electron chi connectivity index (χ2n) is 5.74. The van der Waals surface area contributed by atoms with Gasteiger partial charge >= 0.3 is 11.9 Å². The van der Waals surface area contributed by atoms with Gasteiger partial charge in [-0.15, -0.1) is 0 Å². The molecule has 0 saturated carbocycles. The van der Waals surface area contributed by atoms with Crippen LogP contribution in [-0.4, -0.2) is 65.0 Å². The highest BCUT2D eigenvalue weighted by Crippen LogP contribution is 2.09. The predicted molar refractivity (Wildman–Crippen MR) is 89.9 cm³/mol. The smallest absolute Gasteiger partial charge is 0.326 e. The number of hydrogen-bond acceptors (Lipinski definition) is 6. The van der Waals surface area contributed by atoms with Crippen molar-refractivity contribution in [1.29, 1.82) is 0 Å². The van der Waals surface area contributed by atoms with Crippen LogP contribution < -0.4 is 21.7 Å². The number of nitrogens with two attached hydrogens (primary N) is 1. The van der Waals surface area contributed by atoms with Crippen LogP contribution in [0.5, 0.6) is 0 Å². The van der Waals surface area contributed by atoms with E-state index in [0.717, 1.165) is 0 Å². The van der Waals surface area contributed by atoms with E-state index >= 15 is 0 Å². The van der Waals surface area contributed by atoms with Crippen molar-refractivity contribution in [3.8, 4) is 0 Å². The van der Waals surface area contributed by atoms with Gasteiger partial charge in [-0.05, 0) is 12.3 Å². The summed E-state index contributed by atoms with van der Waals surface area (Å²) in [4.78, 5) is 57.2. The molecule has 0 aliphatic heterocycles. The van der Waals surface area contributed by atoms with Crippen LogP contribution in [0.25, 0.3) is 0 Å². The second-order valence-corrected chi connectivity index (χ2v) is 5.74. The van der Waals surface area contributed by atoms with Gasteiger partial charge < -0.3 is 31.9 Å². The lowest BCUT2D eigenvalue weighted by atomic mass is 9.98. The highest BCUT2D eigenvalue weighted by atomic mass is 16.4. The number of carbonyl (C=O) groups excluding carboxylic acids is 3. The summed E-state index contributed by atoms with van der Waals surface area (Å²) in [6.07, 6.45) is -0.145. The Labute approximate surface area is 150 Å². The van der Waals surface area contributed by atoms with Gasteiger partial charge in [0.25, 0.3) is 0 Å². The molecule has 148 valence electrons. The third kappa shape index (κ3) is 8.97.